The Bertz CT molecular complexity index is 1730. The highest BCUT2D eigenvalue weighted by Gasteiger charge is 2.27. The molecule has 0 saturated heterocycles. The zero-order chi connectivity index (χ0) is 26.2. The van der Waals surface area contributed by atoms with Gasteiger partial charge >= 0.3 is 5.97 Å². The quantitative estimate of drug-likeness (QED) is 0.304. The molecule has 5 aromatic rings. The molecule has 37 heavy (non-hydrogen) atoms. The summed E-state index contributed by atoms with van der Waals surface area (Å²) in [6, 6.07) is 21.3. The van der Waals surface area contributed by atoms with Crippen LogP contribution in [0.5, 0.6) is 5.75 Å². The Balaban J connectivity index is 1.78. The summed E-state index contributed by atoms with van der Waals surface area (Å²) in [5, 5.41) is 10.7. The van der Waals surface area contributed by atoms with Crippen LogP contribution in [0.2, 0.25) is 0 Å². The number of rotatable bonds is 8. The third-order valence-electron chi connectivity index (χ3n) is 6.13. The molecule has 0 unspecified atom stereocenters. The summed E-state index contributed by atoms with van der Waals surface area (Å²) in [5.41, 5.74) is 2.63. The Kier molecular flexibility index (Phi) is 6.41. The van der Waals surface area contributed by atoms with Crippen molar-refractivity contribution >= 4 is 37.8 Å². The molecule has 0 atom stereocenters. The first kappa shape index (κ1) is 24.5. The minimum absolute atomic E-state index is 0.0647. The van der Waals surface area contributed by atoms with Crippen molar-refractivity contribution in [3.05, 3.63) is 101 Å². The van der Waals surface area contributed by atoms with E-state index in [4.69, 9.17) is 9.47 Å². The number of carbonyl (C=O) groups is 1. The summed E-state index contributed by atoms with van der Waals surface area (Å²) in [6.07, 6.45) is 1.29. The molecule has 1 N–H and O–H groups in total. The van der Waals surface area contributed by atoms with Crippen LogP contribution >= 0.6 is 0 Å². The molecular formula is C28H24N2O6S. The van der Waals surface area contributed by atoms with E-state index in [1.807, 2.05) is 37.3 Å². The topological polar surface area (TPSA) is 108 Å². The fourth-order valence-corrected chi connectivity index (χ4v) is 5.90. The van der Waals surface area contributed by atoms with Crippen LogP contribution in [0.25, 0.3) is 21.8 Å². The average Bonchev–Trinajstić information content (AvgIpc) is 3.23. The standard InChI is InChI=1S/C28H24N2O6S/c1-18-8-11-21(12-9-18)37(33,34)30-24-13-10-20(36-16-19-6-4-3-5-7-19)14-22(24)26-23(17-35-2)27(28(31)32)29-15-25(26)30/h3-15H,16-17H2,1-2H3,(H,31,32). The van der Waals surface area contributed by atoms with E-state index in [9.17, 15) is 18.3 Å². The Morgan fingerprint density at radius 2 is 1.70 bits per heavy atom. The Hall–Kier alpha value is -4.21. The normalized spacial score (nSPS) is 11.7. The summed E-state index contributed by atoms with van der Waals surface area (Å²) >= 11 is 0. The Labute approximate surface area is 213 Å². The highest BCUT2D eigenvalue weighted by Crippen LogP contribution is 2.37. The number of carboxylic acid groups (broad SMARTS) is 1. The number of aromatic carboxylic acids is 1. The summed E-state index contributed by atoms with van der Waals surface area (Å²) < 4.78 is 40.3. The van der Waals surface area contributed by atoms with Gasteiger partial charge in [0.1, 0.15) is 12.4 Å². The predicted octanol–water partition coefficient (Wildman–Crippen LogP) is 5.16. The van der Waals surface area contributed by atoms with Gasteiger partial charge in [-0.3, -0.25) is 0 Å². The number of hydrogen-bond donors (Lipinski definition) is 1. The lowest BCUT2D eigenvalue weighted by Crippen LogP contribution is -2.14. The smallest absolute Gasteiger partial charge is 0.354 e. The molecule has 0 amide bonds. The monoisotopic (exact) mass is 516 g/mol. The van der Waals surface area contributed by atoms with Gasteiger partial charge in [-0.25, -0.2) is 22.2 Å². The number of fused-ring (bicyclic) bond motifs is 3. The molecular weight excluding hydrogens is 492 g/mol. The maximum atomic E-state index is 13.9. The van der Waals surface area contributed by atoms with Crippen molar-refractivity contribution in [2.45, 2.75) is 25.0 Å². The van der Waals surface area contributed by atoms with Crippen molar-refractivity contribution in [2.24, 2.45) is 0 Å². The zero-order valence-electron chi connectivity index (χ0n) is 20.2. The van der Waals surface area contributed by atoms with Gasteiger partial charge in [-0.1, -0.05) is 48.0 Å². The summed E-state index contributed by atoms with van der Waals surface area (Å²) in [7, 11) is -2.61. The number of benzene rings is 3. The molecule has 0 spiro atoms. The number of methoxy groups -OCH3 is 1. The Morgan fingerprint density at radius 1 is 0.973 bits per heavy atom. The van der Waals surface area contributed by atoms with E-state index in [0.29, 0.717) is 28.6 Å². The van der Waals surface area contributed by atoms with Crippen LogP contribution in [-0.4, -0.2) is 35.6 Å². The number of nitrogens with zero attached hydrogens (tertiary/aromatic N) is 2. The molecule has 188 valence electrons. The van der Waals surface area contributed by atoms with Crippen LogP contribution in [0.4, 0.5) is 0 Å². The molecule has 0 bridgehead atoms. The molecule has 3 aromatic carbocycles. The highest BCUT2D eigenvalue weighted by molar-refractivity contribution is 7.90. The second kappa shape index (κ2) is 9.68. The van der Waals surface area contributed by atoms with Gasteiger partial charge in [-0.15, -0.1) is 0 Å². The van der Waals surface area contributed by atoms with Gasteiger partial charge in [0.15, 0.2) is 5.69 Å². The van der Waals surface area contributed by atoms with E-state index < -0.39 is 16.0 Å². The number of pyridine rings is 1. The molecule has 0 aliphatic heterocycles. The van der Waals surface area contributed by atoms with E-state index >= 15 is 0 Å². The van der Waals surface area contributed by atoms with Crippen molar-refractivity contribution in [1.82, 2.24) is 8.96 Å². The van der Waals surface area contributed by atoms with E-state index in [1.54, 1.807) is 42.5 Å². The van der Waals surface area contributed by atoms with Crippen LogP contribution in [0.15, 0.2) is 83.9 Å². The van der Waals surface area contributed by atoms with Crippen LogP contribution in [0, 0.1) is 6.92 Å². The molecule has 5 rings (SSSR count). The lowest BCUT2D eigenvalue weighted by atomic mass is 10.1. The van der Waals surface area contributed by atoms with E-state index in [1.165, 1.54) is 17.3 Å². The summed E-state index contributed by atoms with van der Waals surface area (Å²) in [6.45, 7) is 2.13. The second-order valence-corrected chi connectivity index (χ2v) is 10.4. The van der Waals surface area contributed by atoms with E-state index in [0.717, 1.165) is 11.1 Å². The molecule has 0 aliphatic rings. The number of aromatic nitrogens is 2. The van der Waals surface area contributed by atoms with Crippen LogP contribution < -0.4 is 4.74 Å². The van der Waals surface area contributed by atoms with Crippen molar-refractivity contribution in [3.8, 4) is 5.75 Å². The van der Waals surface area contributed by atoms with Crippen molar-refractivity contribution < 1.29 is 27.8 Å². The van der Waals surface area contributed by atoms with Gasteiger partial charge in [0, 0.05) is 23.4 Å². The fourth-order valence-electron chi connectivity index (χ4n) is 4.39. The summed E-state index contributed by atoms with van der Waals surface area (Å²) in [4.78, 5) is 16.2. The third-order valence-corrected chi connectivity index (χ3v) is 7.88. The maximum absolute atomic E-state index is 13.9. The van der Waals surface area contributed by atoms with Gasteiger partial charge in [0.25, 0.3) is 10.0 Å². The molecule has 9 heteroatoms. The van der Waals surface area contributed by atoms with E-state index in [-0.39, 0.29) is 28.3 Å². The van der Waals surface area contributed by atoms with Gasteiger partial charge in [-0.05, 0) is 42.8 Å². The predicted molar refractivity (Wildman–Crippen MR) is 139 cm³/mol. The van der Waals surface area contributed by atoms with Crippen molar-refractivity contribution in [1.29, 1.82) is 0 Å². The van der Waals surface area contributed by atoms with Crippen LogP contribution in [0.1, 0.15) is 27.2 Å². The lowest BCUT2D eigenvalue weighted by Gasteiger charge is -2.11. The van der Waals surface area contributed by atoms with Gasteiger partial charge in [-0.2, -0.15) is 0 Å². The molecule has 0 aliphatic carbocycles. The maximum Gasteiger partial charge on any atom is 0.354 e. The first-order valence-electron chi connectivity index (χ1n) is 11.5. The van der Waals surface area contributed by atoms with Gasteiger partial charge < -0.3 is 14.6 Å². The summed E-state index contributed by atoms with van der Waals surface area (Å²) in [5.74, 6) is -0.715. The SMILES string of the molecule is COCc1c(C(=O)O)ncc2c1c1cc(OCc3ccccc3)ccc1n2S(=O)(=O)c1ccc(C)cc1. The average molecular weight is 517 g/mol. The molecule has 2 heterocycles. The highest BCUT2D eigenvalue weighted by atomic mass is 32.2. The van der Waals surface area contributed by atoms with Crippen molar-refractivity contribution in [2.75, 3.05) is 7.11 Å². The number of carboxylic acids is 1. The molecule has 0 radical (unpaired) electrons. The first-order valence-corrected chi connectivity index (χ1v) is 12.9. The van der Waals surface area contributed by atoms with Gasteiger partial charge in [0.05, 0.1) is 28.7 Å². The van der Waals surface area contributed by atoms with Crippen molar-refractivity contribution in [3.63, 3.8) is 0 Å². The van der Waals surface area contributed by atoms with E-state index in [2.05, 4.69) is 4.98 Å². The number of ether oxygens (including phenoxy) is 2. The minimum atomic E-state index is -4.05. The largest absolute Gasteiger partial charge is 0.489 e. The third kappa shape index (κ3) is 4.43. The molecule has 0 saturated carbocycles. The number of aryl methyl sites for hydroxylation is 1. The lowest BCUT2D eigenvalue weighted by molar-refractivity contribution is 0.0685. The second-order valence-electron chi connectivity index (χ2n) is 8.62. The van der Waals surface area contributed by atoms with Crippen LogP contribution in [-0.2, 0) is 28.0 Å². The minimum Gasteiger partial charge on any atom is -0.489 e. The Morgan fingerprint density at radius 3 is 2.38 bits per heavy atom. The number of hydrogen-bond acceptors (Lipinski definition) is 6. The van der Waals surface area contributed by atoms with Crippen LogP contribution in [0.3, 0.4) is 0 Å². The zero-order valence-corrected chi connectivity index (χ0v) is 21.0. The molecule has 0 fully saturated rings. The molecule has 2 aromatic heterocycles. The first-order chi connectivity index (χ1) is 17.8. The fraction of sp³-hybridized carbons (Fsp3) is 0.143. The molecule has 8 nitrogen and oxygen atoms in total. The van der Waals surface area contributed by atoms with Gasteiger partial charge in [0.2, 0.25) is 0 Å².